The molecule has 0 unspecified atom stereocenters. The second-order valence-corrected chi connectivity index (χ2v) is 4.72. The maximum Gasteiger partial charge on any atom is 0.150 e. The Kier molecular flexibility index (Phi) is 3.64. The van der Waals surface area contributed by atoms with Gasteiger partial charge in [-0.3, -0.25) is 0 Å². The SMILES string of the molecule is Cc1cc(Oc2cc(Cl)cc(Cl)c2)c(N)cc1F. The molecule has 0 aliphatic rings. The van der Waals surface area contributed by atoms with E-state index >= 15 is 0 Å². The van der Waals surface area contributed by atoms with Crippen LogP contribution < -0.4 is 10.5 Å². The van der Waals surface area contributed by atoms with Crippen molar-refractivity contribution in [2.75, 3.05) is 5.73 Å². The van der Waals surface area contributed by atoms with E-state index in [0.717, 1.165) is 0 Å². The molecule has 0 aliphatic heterocycles. The van der Waals surface area contributed by atoms with Crippen molar-refractivity contribution < 1.29 is 9.13 Å². The van der Waals surface area contributed by atoms with Crippen molar-refractivity contribution in [2.24, 2.45) is 0 Å². The highest BCUT2D eigenvalue weighted by atomic mass is 35.5. The first-order chi connectivity index (χ1) is 8.45. The lowest BCUT2D eigenvalue weighted by Crippen LogP contribution is -1.95. The number of hydrogen-bond donors (Lipinski definition) is 1. The lowest BCUT2D eigenvalue weighted by atomic mass is 10.2. The standard InChI is InChI=1S/C13H10Cl2FNO/c1-7-2-13(12(17)6-11(7)16)18-10-4-8(14)3-9(15)5-10/h2-6H,17H2,1H3. The summed E-state index contributed by atoms with van der Waals surface area (Å²) in [6.45, 7) is 1.63. The third-order valence-electron chi connectivity index (χ3n) is 2.35. The summed E-state index contributed by atoms with van der Waals surface area (Å²) in [7, 11) is 0. The van der Waals surface area contributed by atoms with E-state index in [1.807, 2.05) is 0 Å². The summed E-state index contributed by atoms with van der Waals surface area (Å²) in [5.41, 5.74) is 6.35. The molecule has 0 radical (unpaired) electrons. The summed E-state index contributed by atoms with van der Waals surface area (Å²) in [6, 6.07) is 7.54. The number of rotatable bonds is 2. The molecule has 0 fully saturated rings. The molecule has 94 valence electrons. The predicted octanol–water partition coefficient (Wildman–Crippen LogP) is 4.82. The first-order valence-electron chi connectivity index (χ1n) is 5.15. The first-order valence-corrected chi connectivity index (χ1v) is 5.91. The number of nitrogens with two attached hydrogens (primary N) is 1. The van der Waals surface area contributed by atoms with Crippen LogP contribution in [0.2, 0.25) is 10.0 Å². The van der Waals surface area contributed by atoms with Crippen LogP contribution in [0.4, 0.5) is 10.1 Å². The van der Waals surface area contributed by atoms with Crippen LogP contribution in [0.3, 0.4) is 0 Å². The minimum atomic E-state index is -0.371. The monoisotopic (exact) mass is 285 g/mol. The van der Waals surface area contributed by atoms with E-state index in [2.05, 4.69) is 0 Å². The molecule has 0 saturated heterocycles. The molecule has 18 heavy (non-hydrogen) atoms. The van der Waals surface area contributed by atoms with Gasteiger partial charge in [-0.15, -0.1) is 0 Å². The summed E-state index contributed by atoms with van der Waals surface area (Å²) in [5.74, 6) is 0.446. The first kappa shape index (κ1) is 13.0. The Labute approximate surface area is 114 Å². The van der Waals surface area contributed by atoms with Crippen molar-refractivity contribution in [1.29, 1.82) is 0 Å². The van der Waals surface area contributed by atoms with Gasteiger partial charge in [-0.25, -0.2) is 4.39 Å². The second-order valence-electron chi connectivity index (χ2n) is 3.85. The summed E-state index contributed by atoms with van der Waals surface area (Å²) in [5, 5.41) is 0.907. The quantitative estimate of drug-likeness (QED) is 0.803. The van der Waals surface area contributed by atoms with Gasteiger partial charge in [0.05, 0.1) is 5.69 Å². The molecule has 0 aromatic heterocycles. The Morgan fingerprint density at radius 1 is 1.06 bits per heavy atom. The van der Waals surface area contributed by atoms with Gasteiger partial charge in [-0.05, 0) is 36.8 Å². The fourth-order valence-electron chi connectivity index (χ4n) is 1.47. The fourth-order valence-corrected chi connectivity index (χ4v) is 1.98. The third kappa shape index (κ3) is 2.86. The molecule has 0 heterocycles. The van der Waals surface area contributed by atoms with Crippen molar-refractivity contribution >= 4 is 28.9 Å². The molecule has 0 aliphatic carbocycles. The zero-order valence-corrected chi connectivity index (χ0v) is 11.0. The number of nitrogen functional groups attached to an aromatic ring is 1. The van der Waals surface area contributed by atoms with Gasteiger partial charge in [0.2, 0.25) is 0 Å². The smallest absolute Gasteiger partial charge is 0.150 e. The van der Waals surface area contributed by atoms with E-state index in [1.165, 1.54) is 12.1 Å². The molecule has 2 aromatic carbocycles. The summed E-state index contributed by atoms with van der Waals surface area (Å²) in [4.78, 5) is 0. The van der Waals surface area contributed by atoms with Crippen LogP contribution in [0.5, 0.6) is 11.5 Å². The minimum absolute atomic E-state index is 0.217. The van der Waals surface area contributed by atoms with Gasteiger partial charge in [0.15, 0.2) is 5.75 Å². The van der Waals surface area contributed by atoms with E-state index in [-0.39, 0.29) is 11.5 Å². The van der Waals surface area contributed by atoms with Crippen LogP contribution in [-0.2, 0) is 0 Å². The van der Waals surface area contributed by atoms with Crippen molar-refractivity contribution in [1.82, 2.24) is 0 Å². The maximum absolute atomic E-state index is 13.2. The Morgan fingerprint density at radius 2 is 1.67 bits per heavy atom. The number of halogens is 3. The summed E-state index contributed by atoms with van der Waals surface area (Å²) < 4.78 is 18.8. The van der Waals surface area contributed by atoms with Crippen molar-refractivity contribution in [3.63, 3.8) is 0 Å². The molecule has 0 saturated carbocycles. The average molecular weight is 286 g/mol. The Morgan fingerprint density at radius 3 is 2.28 bits per heavy atom. The highest BCUT2D eigenvalue weighted by Crippen LogP contribution is 2.32. The summed E-state index contributed by atoms with van der Waals surface area (Å²) in [6.07, 6.45) is 0. The van der Waals surface area contributed by atoms with Gasteiger partial charge in [-0.1, -0.05) is 23.2 Å². The summed E-state index contributed by atoms with van der Waals surface area (Å²) >= 11 is 11.7. The Hall–Kier alpha value is -1.45. The zero-order valence-electron chi connectivity index (χ0n) is 9.51. The molecule has 0 atom stereocenters. The molecule has 2 nitrogen and oxygen atoms in total. The number of aryl methyl sites for hydroxylation is 1. The Bertz CT molecular complexity index is 582. The molecule has 0 amide bonds. The van der Waals surface area contributed by atoms with Crippen molar-refractivity contribution in [3.8, 4) is 11.5 Å². The largest absolute Gasteiger partial charge is 0.455 e. The highest BCUT2D eigenvalue weighted by Gasteiger charge is 2.08. The molecule has 0 bridgehead atoms. The Balaban J connectivity index is 2.36. The highest BCUT2D eigenvalue weighted by molar-refractivity contribution is 6.34. The van der Waals surface area contributed by atoms with Crippen LogP contribution >= 0.6 is 23.2 Å². The normalized spacial score (nSPS) is 10.4. The predicted molar refractivity (Wildman–Crippen MR) is 72.1 cm³/mol. The third-order valence-corrected chi connectivity index (χ3v) is 2.79. The van der Waals surface area contributed by atoms with Crippen molar-refractivity contribution in [3.05, 3.63) is 51.8 Å². The van der Waals surface area contributed by atoms with Gasteiger partial charge < -0.3 is 10.5 Å². The minimum Gasteiger partial charge on any atom is -0.455 e. The number of hydrogen-bond acceptors (Lipinski definition) is 2. The average Bonchev–Trinajstić information content (AvgIpc) is 2.24. The number of anilines is 1. The lowest BCUT2D eigenvalue weighted by Gasteiger charge is -2.10. The number of ether oxygens (including phenoxy) is 1. The molecular formula is C13H10Cl2FNO. The van der Waals surface area contributed by atoms with Crippen molar-refractivity contribution in [2.45, 2.75) is 6.92 Å². The lowest BCUT2D eigenvalue weighted by molar-refractivity contribution is 0.482. The van der Waals surface area contributed by atoms with Crippen LogP contribution in [0.25, 0.3) is 0 Å². The van der Waals surface area contributed by atoms with E-state index in [9.17, 15) is 4.39 Å². The second kappa shape index (κ2) is 5.04. The van der Waals surface area contributed by atoms with Gasteiger partial charge >= 0.3 is 0 Å². The molecule has 2 N–H and O–H groups in total. The maximum atomic E-state index is 13.2. The molecule has 0 spiro atoms. The zero-order chi connectivity index (χ0) is 13.3. The molecule has 5 heteroatoms. The van der Waals surface area contributed by atoms with Gasteiger partial charge in [0, 0.05) is 16.1 Å². The van der Waals surface area contributed by atoms with Crippen LogP contribution in [0.1, 0.15) is 5.56 Å². The van der Waals surface area contributed by atoms with Gasteiger partial charge in [0.25, 0.3) is 0 Å². The van der Waals surface area contributed by atoms with E-state index in [1.54, 1.807) is 25.1 Å². The van der Waals surface area contributed by atoms with Gasteiger partial charge in [0.1, 0.15) is 11.6 Å². The van der Waals surface area contributed by atoms with E-state index in [0.29, 0.717) is 27.1 Å². The van der Waals surface area contributed by atoms with E-state index < -0.39 is 0 Å². The van der Waals surface area contributed by atoms with Crippen LogP contribution in [0.15, 0.2) is 30.3 Å². The number of benzene rings is 2. The van der Waals surface area contributed by atoms with E-state index in [4.69, 9.17) is 33.7 Å². The molecule has 2 rings (SSSR count). The molecule has 2 aromatic rings. The van der Waals surface area contributed by atoms with Crippen LogP contribution in [0, 0.1) is 12.7 Å². The fraction of sp³-hybridized carbons (Fsp3) is 0.0769. The van der Waals surface area contributed by atoms with Crippen LogP contribution in [-0.4, -0.2) is 0 Å². The molecular weight excluding hydrogens is 276 g/mol. The van der Waals surface area contributed by atoms with Gasteiger partial charge in [-0.2, -0.15) is 0 Å². The topological polar surface area (TPSA) is 35.2 Å².